The van der Waals surface area contributed by atoms with Crippen LogP contribution in [-0.4, -0.2) is 53.4 Å². The van der Waals surface area contributed by atoms with Gasteiger partial charge in [-0.3, -0.25) is 9.69 Å². The number of fused-ring (bicyclic) bond motifs is 1. The number of anilines is 1. The van der Waals surface area contributed by atoms with Gasteiger partial charge in [0.2, 0.25) is 0 Å². The summed E-state index contributed by atoms with van der Waals surface area (Å²) >= 11 is 0. The fourth-order valence-electron chi connectivity index (χ4n) is 5.51. The molecule has 0 bridgehead atoms. The van der Waals surface area contributed by atoms with E-state index in [1.165, 1.54) is 17.7 Å². The number of nitrogens with zero attached hydrogens (tertiary/aromatic N) is 4. The minimum atomic E-state index is -4.68. The maximum atomic E-state index is 13.1. The third-order valence-corrected chi connectivity index (χ3v) is 7.62. The SMILES string of the molecule is CCc1nc2n(c1C(=O)NCc1ccc(C3CCN(c4ccc(OC(F)(F)F)cc4)CC3)cc1)CCN(C)C2. The van der Waals surface area contributed by atoms with Crippen LogP contribution in [0.1, 0.15) is 58.8 Å². The molecule has 5 rings (SSSR count). The van der Waals surface area contributed by atoms with Crippen molar-refractivity contribution in [3.8, 4) is 5.75 Å². The number of benzene rings is 2. The Kier molecular flexibility index (Phi) is 7.83. The monoisotopic (exact) mass is 541 g/mol. The number of carbonyl (C=O) groups excluding carboxylic acids is 1. The van der Waals surface area contributed by atoms with Crippen LogP contribution in [0.25, 0.3) is 0 Å². The van der Waals surface area contributed by atoms with E-state index < -0.39 is 6.36 Å². The molecule has 208 valence electrons. The molecule has 2 aromatic carbocycles. The molecule has 0 atom stereocenters. The minimum Gasteiger partial charge on any atom is -0.406 e. The van der Waals surface area contributed by atoms with Gasteiger partial charge in [0, 0.05) is 38.4 Å². The van der Waals surface area contributed by atoms with Gasteiger partial charge in [-0.25, -0.2) is 4.98 Å². The standard InChI is InChI=1S/C29H34F3N5O2/c1-3-25-27(37-17-16-35(2)19-26(37)34-25)28(38)33-18-20-4-6-21(7-5-20)22-12-14-36(15-13-22)23-8-10-24(11-9-23)39-29(30,31)32/h4-11,22H,3,12-19H2,1-2H3,(H,33,38). The van der Waals surface area contributed by atoms with E-state index in [0.29, 0.717) is 18.2 Å². The molecule has 3 heterocycles. The van der Waals surface area contributed by atoms with E-state index in [1.807, 2.05) is 6.92 Å². The van der Waals surface area contributed by atoms with Crippen LogP contribution < -0.4 is 15.0 Å². The maximum Gasteiger partial charge on any atom is 0.573 e. The number of hydrogen-bond acceptors (Lipinski definition) is 5. The highest BCUT2D eigenvalue weighted by molar-refractivity contribution is 5.94. The van der Waals surface area contributed by atoms with Crippen molar-refractivity contribution >= 4 is 11.6 Å². The first-order valence-electron chi connectivity index (χ1n) is 13.4. The number of ether oxygens (including phenoxy) is 1. The molecule has 2 aliphatic heterocycles. The lowest BCUT2D eigenvalue weighted by molar-refractivity contribution is -0.274. The quantitative estimate of drug-likeness (QED) is 0.451. The first-order valence-corrected chi connectivity index (χ1v) is 13.4. The highest BCUT2D eigenvalue weighted by Crippen LogP contribution is 2.32. The second-order valence-corrected chi connectivity index (χ2v) is 10.3. The fourth-order valence-corrected chi connectivity index (χ4v) is 5.51. The van der Waals surface area contributed by atoms with Crippen molar-refractivity contribution in [3.05, 3.63) is 76.9 Å². The number of likely N-dealkylation sites (N-methyl/N-ethyl adjacent to an activating group) is 1. The summed E-state index contributed by atoms with van der Waals surface area (Å²) in [6.45, 7) is 6.56. The smallest absolute Gasteiger partial charge is 0.406 e. The Bertz CT molecular complexity index is 1280. The first kappa shape index (κ1) is 27.1. The van der Waals surface area contributed by atoms with Crippen molar-refractivity contribution in [3.63, 3.8) is 0 Å². The number of halogens is 3. The Balaban J connectivity index is 1.14. The summed E-state index contributed by atoms with van der Waals surface area (Å²) in [4.78, 5) is 22.2. The largest absolute Gasteiger partial charge is 0.573 e. The molecule has 1 aromatic heterocycles. The number of amides is 1. The normalized spacial score (nSPS) is 16.7. The van der Waals surface area contributed by atoms with Crippen molar-refractivity contribution in [2.45, 2.75) is 58.1 Å². The van der Waals surface area contributed by atoms with Gasteiger partial charge in [0.05, 0.1) is 12.2 Å². The number of hydrogen-bond donors (Lipinski definition) is 1. The molecule has 0 unspecified atom stereocenters. The zero-order valence-electron chi connectivity index (χ0n) is 22.3. The molecule has 0 aliphatic carbocycles. The predicted octanol–water partition coefficient (Wildman–Crippen LogP) is 5.10. The van der Waals surface area contributed by atoms with Gasteiger partial charge < -0.3 is 19.5 Å². The summed E-state index contributed by atoms with van der Waals surface area (Å²) in [5.74, 6) is 1.08. The second kappa shape index (κ2) is 11.3. The number of piperidine rings is 1. The van der Waals surface area contributed by atoms with Crippen LogP contribution in [0.2, 0.25) is 0 Å². The van der Waals surface area contributed by atoms with Crippen molar-refractivity contribution in [1.29, 1.82) is 0 Å². The fraction of sp³-hybridized carbons (Fsp3) is 0.448. The summed E-state index contributed by atoms with van der Waals surface area (Å²) in [7, 11) is 2.06. The van der Waals surface area contributed by atoms with Gasteiger partial charge in [-0.1, -0.05) is 31.2 Å². The van der Waals surface area contributed by atoms with Crippen LogP contribution in [0.15, 0.2) is 48.5 Å². The van der Waals surface area contributed by atoms with Crippen molar-refractivity contribution in [1.82, 2.24) is 19.8 Å². The first-order chi connectivity index (χ1) is 18.7. The number of aromatic nitrogens is 2. The molecular formula is C29H34F3N5O2. The molecular weight excluding hydrogens is 507 g/mol. The summed E-state index contributed by atoms with van der Waals surface area (Å²) < 4.78 is 43.2. The Morgan fingerprint density at radius 2 is 1.72 bits per heavy atom. The number of aryl methyl sites for hydroxylation is 1. The van der Waals surface area contributed by atoms with Crippen LogP contribution in [-0.2, 0) is 26.1 Å². The lowest BCUT2D eigenvalue weighted by Crippen LogP contribution is -2.34. The molecule has 0 radical (unpaired) electrons. The third kappa shape index (κ3) is 6.38. The van der Waals surface area contributed by atoms with Gasteiger partial charge in [0.25, 0.3) is 5.91 Å². The van der Waals surface area contributed by atoms with E-state index in [1.54, 1.807) is 12.1 Å². The molecule has 0 spiro atoms. The Morgan fingerprint density at radius 3 is 2.36 bits per heavy atom. The van der Waals surface area contributed by atoms with E-state index in [4.69, 9.17) is 4.98 Å². The van der Waals surface area contributed by atoms with E-state index in [9.17, 15) is 18.0 Å². The van der Waals surface area contributed by atoms with E-state index in [0.717, 1.165) is 74.8 Å². The second-order valence-electron chi connectivity index (χ2n) is 10.3. The number of rotatable bonds is 7. The van der Waals surface area contributed by atoms with Gasteiger partial charge in [-0.15, -0.1) is 13.2 Å². The lowest BCUT2D eigenvalue weighted by atomic mass is 9.89. The van der Waals surface area contributed by atoms with E-state index in [-0.39, 0.29) is 11.7 Å². The highest BCUT2D eigenvalue weighted by Gasteiger charge is 2.31. The van der Waals surface area contributed by atoms with Crippen molar-refractivity contribution in [2.24, 2.45) is 0 Å². The molecule has 1 amide bonds. The molecule has 1 N–H and O–H groups in total. The minimum absolute atomic E-state index is 0.0791. The molecule has 1 saturated heterocycles. The molecule has 0 saturated carbocycles. The van der Waals surface area contributed by atoms with E-state index in [2.05, 4.69) is 55.7 Å². The van der Waals surface area contributed by atoms with E-state index >= 15 is 0 Å². The topological polar surface area (TPSA) is 62.6 Å². The predicted molar refractivity (Wildman–Crippen MR) is 143 cm³/mol. The van der Waals surface area contributed by atoms with Gasteiger partial charge in [-0.2, -0.15) is 0 Å². The number of imidazole rings is 1. The molecule has 3 aromatic rings. The van der Waals surface area contributed by atoms with Crippen LogP contribution >= 0.6 is 0 Å². The molecule has 2 aliphatic rings. The zero-order chi connectivity index (χ0) is 27.6. The van der Waals surface area contributed by atoms with Crippen molar-refractivity contribution < 1.29 is 22.7 Å². The zero-order valence-corrected chi connectivity index (χ0v) is 22.3. The number of alkyl halides is 3. The summed E-state index contributed by atoms with van der Waals surface area (Å²) in [5, 5.41) is 3.09. The van der Waals surface area contributed by atoms with Crippen molar-refractivity contribution in [2.75, 3.05) is 31.6 Å². The summed E-state index contributed by atoms with van der Waals surface area (Å²) in [5.41, 5.74) is 4.74. The van der Waals surface area contributed by atoms with Crippen LogP contribution in [0.3, 0.4) is 0 Å². The van der Waals surface area contributed by atoms with Gasteiger partial charge in [0.15, 0.2) is 0 Å². The van der Waals surface area contributed by atoms with Gasteiger partial charge in [-0.05, 0) is 67.6 Å². The number of nitrogens with one attached hydrogen (secondary N) is 1. The third-order valence-electron chi connectivity index (χ3n) is 7.62. The highest BCUT2D eigenvalue weighted by atomic mass is 19.4. The van der Waals surface area contributed by atoms with Crippen LogP contribution in [0.4, 0.5) is 18.9 Å². The molecule has 10 heteroatoms. The molecule has 7 nitrogen and oxygen atoms in total. The molecule has 1 fully saturated rings. The Morgan fingerprint density at radius 1 is 1.03 bits per heavy atom. The Hall–Kier alpha value is -3.53. The van der Waals surface area contributed by atoms with Crippen LogP contribution in [0, 0.1) is 0 Å². The van der Waals surface area contributed by atoms with Gasteiger partial charge >= 0.3 is 6.36 Å². The molecule has 39 heavy (non-hydrogen) atoms. The lowest BCUT2D eigenvalue weighted by Gasteiger charge is -2.34. The summed E-state index contributed by atoms with van der Waals surface area (Å²) in [6, 6.07) is 14.5. The van der Waals surface area contributed by atoms with Gasteiger partial charge in [0.1, 0.15) is 17.3 Å². The van der Waals surface area contributed by atoms with Crippen LogP contribution in [0.5, 0.6) is 5.75 Å². The summed E-state index contributed by atoms with van der Waals surface area (Å²) in [6.07, 6.45) is -2.05. The average molecular weight is 542 g/mol. The Labute approximate surface area is 226 Å². The maximum absolute atomic E-state index is 13.1. The number of carbonyl (C=O) groups is 1. The average Bonchev–Trinajstić information content (AvgIpc) is 3.29.